The maximum absolute atomic E-state index is 12.8. The highest BCUT2D eigenvalue weighted by atomic mass is 16.6. The van der Waals surface area contributed by atoms with Crippen LogP contribution in [0, 0.1) is 23.2 Å². The molecule has 0 spiro atoms. The molecule has 0 aromatic rings. The summed E-state index contributed by atoms with van der Waals surface area (Å²) in [4.78, 5) is 17.5. The first-order valence-corrected chi connectivity index (χ1v) is 11.7. The van der Waals surface area contributed by atoms with Crippen molar-refractivity contribution in [3.63, 3.8) is 0 Å². The second kappa shape index (κ2) is 9.25. The number of nitrogens with zero attached hydrogens (tertiary/aromatic N) is 2. The number of hydrogen-bond donors (Lipinski definition) is 2. The summed E-state index contributed by atoms with van der Waals surface area (Å²) in [5, 5.41) is 20.3. The van der Waals surface area contributed by atoms with Crippen molar-refractivity contribution < 1.29 is 24.5 Å². The zero-order valence-electron chi connectivity index (χ0n) is 18.5. The number of piperazine rings is 1. The van der Waals surface area contributed by atoms with Crippen LogP contribution in [0.25, 0.3) is 0 Å². The number of carbonyl (C=O) groups is 1. The largest absolute Gasteiger partial charge is 0.461 e. The Labute approximate surface area is 180 Å². The van der Waals surface area contributed by atoms with E-state index in [4.69, 9.17) is 14.6 Å². The van der Waals surface area contributed by atoms with E-state index in [1.54, 1.807) is 0 Å². The van der Waals surface area contributed by atoms with Gasteiger partial charge in [-0.15, -0.1) is 0 Å². The molecule has 170 valence electrons. The molecule has 7 heteroatoms. The quantitative estimate of drug-likeness (QED) is 0.358. The number of rotatable bonds is 7. The third kappa shape index (κ3) is 4.07. The van der Waals surface area contributed by atoms with Crippen LogP contribution >= 0.6 is 0 Å². The predicted molar refractivity (Wildman–Crippen MR) is 113 cm³/mol. The minimum absolute atomic E-state index is 0.0639. The molecule has 0 radical (unpaired) electrons. The SMILES string of the molecule is CC1CCC=C2C[C@H]3OC(=O)C(CN4CCN(CCOCCO)CC4)[C@H]3C(O)[C@@]21C. The predicted octanol–water partition coefficient (Wildman–Crippen LogP) is 0.898. The van der Waals surface area contributed by atoms with Crippen LogP contribution < -0.4 is 0 Å². The monoisotopic (exact) mass is 422 g/mol. The highest BCUT2D eigenvalue weighted by molar-refractivity contribution is 5.76. The second-order valence-corrected chi connectivity index (χ2v) is 9.78. The van der Waals surface area contributed by atoms with E-state index in [1.165, 1.54) is 5.57 Å². The van der Waals surface area contributed by atoms with Gasteiger partial charge >= 0.3 is 5.97 Å². The van der Waals surface area contributed by atoms with Gasteiger partial charge in [-0.3, -0.25) is 14.6 Å². The number of ether oxygens (including phenoxy) is 2. The number of hydrogen-bond acceptors (Lipinski definition) is 7. The van der Waals surface area contributed by atoms with Crippen LogP contribution in [0.15, 0.2) is 11.6 Å². The van der Waals surface area contributed by atoms with Crippen LogP contribution in [0.1, 0.15) is 33.1 Å². The summed E-state index contributed by atoms with van der Waals surface area (Å²) < 4.78 is 11.2. The summed E-state index contributed by atoms with van der Waals surface area (Å²) in [7, 11) is 0. The van der Waals surface area contributed by atoms with Gasteiger partial charge in [-0.05, 0) is 18.8 Å². The number of allylic oxidation sites excluding steroid dienone is 1. The van der Waals surface area contributed by atoms with E-state index in [9.17, 15) is 9.90 Å². The Morgan fingerprint density at radius 1 is 1.23 bits per heavy atom. The third-order valence-electron chi connectivity index (χ3n) is 8.28. The number of fused-ring (bicyclic) bond motifs is 2. The van der Waals surface area contributed by atoms with E-state index >= 15 is 0 Å². The van der Waals surface area contributed by atoms with Gasteiger partial charge in [0.15, 0.2) is 0 Å². The van der Waals surface area contributed by atoms with Crippen molar-refractivity contribution in [2.45, 2.75) is 45.3 Å². The molecule has 3 unspecified atom stereocenters. The highest BCUT2D eigenvalue weighted by Gasteiger charge is 2.59. The van der Waals surface area contributed by atoms with E-state index in [1.807, 2.05) is 0 Å². The fraction of sp³-hybridized carbons (Fsp3) is 0.870. The number of carbonyl (C=O) groups excluding carboxylic acids is 1. The molecule has 0 amide bonds. The van der Waals surface area contributed by atoms with Gasteiger partial charge in [0.2, 0.25) is 0 Å². The Morgan fingerprint density at radius 2 is 1.97 bits per heavy atom. The van der Waals surface area contributed by atoms with Crippen molar-refractivity contribution >= 4 is 5.97 Å². The van der Waals surface area contributed by atoms with Gasteiger partial charge in [-0.1, -0.05) is 25.5 Å². The average Bonchev–Trinajstić information content (AvgIpc) is 3.04. The van der Waals surface area contributed by atoms with Crippen LogP contribution in [0.4, 0.5) is 0 Å². The minimum atomic E-state index is -0.529. The Balaban J connectivity index is 1.36. The van der Waals surface area contributed by atoms with Crippen LogP contribution in [-0.2, 0) is 14.3 Å². The van der Waals surface area contributed by atoms with Gasteiger partial charge in [0, 0.05) is 57.0 Å². The molecule has 4 rings (SSSR count). The molecule has 30 heavy (non-hydrogen) atoms. The number of aliphatic hydroxyl groups excluding tert-OH is 2. The maximum atomic E-state index is 12.8. The standard InChI is InChI=1S/C23H38N2O5/c1-16-4-3-5-17-14-19-20(21(27)23(16,17)2)18(22(28)30-19)15-25-8-6-24(7-9-25)10-12-29-13-11-26/h5,16,18-21,26-27H,3-4,6-15H2,1-2H3/t16?,18?,19-,20-,21?,23-/m1/s1. The average molecular weight is 423 g/mol. The summed E-state index contributed by atoms with van der Waals surface area (Å²) >= 11 is 0. The normalized spacial score (nSPS) is 39.9. The van der Waals surface area contributed by atoms with E-state index in [0.29, 0.717) is 25.7 Å². The molecule has 0 aromatic heterocycles. The zero-order valence-corrected chi connectivity index (χ0v) is 18.5. The fourth-order valence-corrected chi connectivity index (χ4v) is 6.11. The lowest BCUT2D eigenvalue weighted by Gasteiger charge is -2.52. The van der Waals surface area contributed by atoms with E-state index in [-0.39, 0.29) is 35.9 Å². The van der Waals surface area contributed by atoms with Crippen LogP contribution in [0.2, 0.25) is 0 Å². The first-order chi connectivity index (χ1) is 14.4. The number of aliphatic hydroxyl groups is 2. The van der Waals surface area contributed by atoms with E-state index in [0.717, 1.165) is 52.0 Å². The molecule has 4 aliphatic rings. The fourth-order valence-electron chi connectivity index (χ4n) is 6.11. The lowest BCUT2D eigenvalue weighted by atomic mass is 9.55. The molecule has 0 aromatic carbocycles. The topological polar surface area (TPSA) is 82.5 Å². The zero-order chi connectivity index (χ0) is 21.3. The summed E-state index contributed by atoms with van der Waals surface area (Å²) in [5.74, 6) is -0.0529. The Kier molecular flexibility index (Phi) is 6.85. The second-order valence-electron chi connectivity index (χ2n) is 9.78. The van der Waals surface area contributed by atoms with Gasteiger partial charge in [0.1, 0.15) is 6.10 Å². The summed E-state index contributed by atoms with van der Waals surface area (Å²) in [5.41, 5.74) is 1.05. The third-order valence-corrected chi connectivity index (χ3v) is 8.28. The highest BCUT2D eigenvalue weighted by Crippen LogP contribution is 2.56. The van der Waals surface area contributed by atoms with Gasteiger partial charge in [-0.2, -0.15) is 0 Å². The summed E-state index contributed by atoms with van der Waals surface area (Å²) in [6.45, 7) is 10.8. The van der Waals surface area contributed by atoms with Gasteiger partial charge < -0.3 is 19.7 Å². The molecule has 2 saturated heterocycles. The molecule has 0 bridgehead atoms. The number of esters is 1. The first-order valence-electron chi connectivity index (χ1n) is 11.7. The molecule has 3 fully saturated rings. The van der Waals surface area contributed by atoms with Gasteiger partial charge in [0.05, 0.1) is 31.8 Å². The lowest BCUT2D eigenvalue weighted by molar-refractivity contribution is -0.145. The van der Waals surface area contributed by atoms with Crippen LogP contribution in [-0.4, -0.2) is 97.3 Å². The van der Waals surface area contributed by atoms with Crippen molar-refractivity contribution in [1.82, 2.24) is 9.80 Å². The van der Waals surface area contributed by atoms with Crippen molar-refractivity contribution in [2.24, 2.45) is 23.2 Å². The van der Waals surface area contributed by atoms with Crippen molar-refractivity contribution in [2.75, 3.05) is 59.1 Å². The lowest BCUT2D eigenvalue weighted by Crippen LogP contribution is -2.55. The minimum Gasteiger partial charge on any atom is -0.461 e. The molecular weight excluding hydrogens is 384 g/mol. The van der Waals surface area contributed by atoms with Gasteiger partial charge in [0.25, 0.3) is 0 Å². The molecule has 6 atom stereocenters. The van der Waals surface area contributed by atoms with Crippen LogP contribution in [0.3, 0.4) is 0 Å². The molecule has 2 aliphatic heterocycles. The molecule has 2 aliphatic carbocycles. The molecule has 2 N–H and O–H groups in total. The van der Waals surface area contributed by atoms with Crippen molar-refractivity contribution in [3.05, 3.63) is 11.6 Å². The Hall–Kier alpha value is -0.990. The first kappa shape index (κ1) is 22.2. The van der Waals surface area contributed by atoms with Crippen LogP contribution in [0.5, 0.6) is 0 Å². The molecule has 7 nitrogen and oxygen atoms in total. The Bertz CT molecular complexity index is 648. The summed E-state index contributed by atoms with van der Waals surface area (Å²) in [6.07, 6.45) is 4.52. The maximum Gasteiger partial charge on any atom is 0.311 e. The van der Waals surface area contributed by atoms with Crippen molar-refractivity contribution in [1.29, 1.82) is 0 Å². The molecule has 2 heterocycles. The molecule has 1 saturated carbocycles. The smallest absolute Gasteiger partial charge is 0.311 e. The van der Waals surface area contributed by atoms with E-state index in [2.05, 4.69) is 29.7 Å². The molecular formula is C23H38N2O5. The summed E-state index contributed by atoms with van der Waals surface area (Å²) in [6, 6.07) is 0. The van der Waals surface area contributed by atoms with Gasteiger partial charge in [-0.25, -0.2) is 0 Å². The Morgan fingerprint density at radius 3 is 2.70 bits per heavy atom. The van der Waals surface area contributed by atoms with E-state index < -0.39 is 6.10 Å². The van der Waals surface area contributed by atoms with Crippen molar-refractivity contribution in [3.8, 4) is 0 Å².